The van der Waals surface area contributed by atoms with Crippen LogP contribution in [0.1, 0.15) is 18.1 Å². The van der Waals surface area contributed by atoms with Gasteiger partial charge in [-0.25, -0.2) is 8.42 Å². The van der Waals surface area contributed by atoms with Gasteiger partial charge in [0.1, 0.15) is 0 Å². The number of halogens is 3. The SMILES string of the molecule is CCN(Cc1ccccc1)C(=O)CN1CCN(S(=O)(=O)c2cccc(C(F)(F)F)c2)CC1. The standard InChI is InChI=1S/C22H26F3N3O3S/c1-2-27(16-18-7-4-3-5-8-18)21(29)17-26-11-13-28(14-12-26)32(30,31)20-10-6-9-19(15-20)22(23,24)25/h3-10,15H,2,11-14,16-17H2,1H3. The Morgan fingerprint density at radius 3 is 2.25 bits per heavy atom. The molecule has 0 N–H and O–H groups in total. The van der Waals surface area contributed by atoms with Crippen molar-refractivity contribution in [3.05, 3.63) is 65.7 Å². The topological polar surface area (TPSA) is 60.9 Å². The second-order valence-corrected chi connectivity index (χ2v) is 9.54. The molecule has 0 aliphatic carbocycles. The molecule has 0 atom stereocenters. The van der Waals surface area contributed by atoms with Crippen molar-refractivity contribution in [1.82, 2.24) is 14.1 Å². The van der Waals surface area contributed by atoms with Gasteiger partial charge < -0.3 is 4.90 Å². The maximum Gasteiger partial charge on any atom is 0.416 e. The fourth-order valence-electron chi connectivity index (χ4n) is 3.58. The van der Waals surface area contributed by atoms with Crippen molar-refractivity contribution in [3.63, 3.8) is 0 Å². The Bertz CT molecular complexity index is 1020. The van der Waals surface area contributed by atoms with Crippen LogP contribution in [0.2, 0.25) is 0 Å². The molecule has 1 heterocycles. The number of carbonyl (C=O) groups excluding carboxylic acids is 1. The van der Waals surface area contributed by atoms with E-state index in [0.717, 1.165) is 17.7 Å². The van der Waals surface area contributed by atoms with E-state index in [1.54, 1.807) is 4.90 Å². The lowest BCUT2D eigenvalue weighted by Crippen LogP contribution is -2.51. The molecule has 1 saturated heterocycles. The highest BCUT2D eigenvalue weighted by molar-refractivity contribution is 7.89. The van der Waals surface area contributed by atoms with E-state index in [1.807, 2.05) is 42.2 Å². The molecule has 6 nitrogen and oxygen atoms in total. The summed E-state index contributed by atoms with van der Waals surface area (Å²) in [6.07, 6.45) is -4.62. The van der Waals surface area contributed by atoms with Crippen LogP contribution in [0.4, 0.5) is 13.2 Å². The van der Waals surface area contributed by atoms with Crippen molar-refractivity contribution in [2.24, 2.45) is 0 Å². The van der Waals surface area contributed by atoms with Crippen LogP contribution in [0.15, 0.2) is 59.5 Å². The van der Waals surface area contributed by atoms with Gasteiger partial charge in [0.25, 0.3) is 0 Å². The van der Waals surface area contributed by atoms with Crippen molar-refractivity contribution in [2.45, 2.75) is 24.5 Å². The molecule has 3 rings (SSSR count). The highest BCUT2D eigenvalue weighted by Gasteiger charge is 2.34. The molecular weight excluding hydrogens is 443 g/mol. The fraction of sp³-hybridized carbons (Fsp3) is 0.409. The molecule has 2 aromatic carbocycles. The zero-order chi connectivity index (χ0) is 23.4. The zero-order valence-corrected chi connectivity index (χ0v) is 18.6. The summed E-state index contributed by atoms with van der Waals surface area (Å²) in [5.41, 5.74) is 0.0283. The lowest BCUT2D eigenvalue weighted by molar-refractivity contribution is -0.137. The van der Waals surface area contributed by atoms with Crippen LogP contribution in [0, 0.1) is 0 Å². The lowest BCUT2D eigenvalue weighted by Gasteiger charge is -2.34. The van der Waals surface area contributed by atoms with E-state index < -0.39 is 21.8 Å². The first-order valence-corrected chi connectivity index (χ1v) is 11.8. The molecule has 0 saturated carbocycles. The van der Waals surface area contributed by atoms with Gasteiger partial charge in [0.15, 0.2) is 0 Å². The minimum atomic E-state index is -4.62. The Hall–Kier alpha value is -2.43. The number of sulfonamides is 1. The first kappa shape index (κ1) is 24.2. The molecular formula is C22H26F3N3O3S. The maximum absolute atomic E-state index is 13.0. The molecule has 1 aliphatic heterocycles. The summed E-state index contributed by atoms with van der Waals surface area (Å²) in [6.45, 7) is 3.99. The highest BCUT2D eigenvalue weighted by Crippen LogP contribution is 2.31. The van der Waals surface area contributed by atoms with Gasteiger partial charge in [-0.15, -0.1) is 0 Å². The monoisotopic (exact) mass is 469 g/mol. The van der Waals surface area contributed by atoms with E-state index >= 15 is 0 Å². The van der Waals surface area contributed by atoms with E-state index in [4.69, 9.17) is 0 Å². The van der Waals surface area contributed by atoms with Gasteiger partial charge in [-0.3, -0.25) is 9.69 Å². The summed E-state index contributed by atoms with van der Waals surface area (Å²) < 4.78 is 65.7. The van der Waals surface area contributed by atoms with Gasteiger partial charge in [-0.2, -0.15) is 17.5 Å². The maximum atomic E-state index is 13.0. The van der Waals surface area contributed by atoms with Crippen LogP contribution in [-0.4, -0.2) is 67.7 Å². The average Bonchev–Trinajstić information content (AvgIpc) is 2.78. The number of likely N-dealkylation sites (N-methyl/N-ethyl adjacent to an activating group) is 1. The number of rotatable bonds is 7. The Morgan fingerprint density at radius 1 is 1.00 bits per heavy atom. The Labute approximate surface area is 186 Å². The van der Waals surface area contributed by atoms with Gasteiger partial charge in [0.05, 0.1) is 17.0 Å². The van der Waals surface area contributed by atoms with Gasteiger partial charge in [-0.1, -0.05) is 36.4 Å². The second kappa shape index (κ2) is 10.0. The number of piperazine rings is 1. The summed E-state index contributed by atoms with van der Waals surface area (Å²) in [5, 5.41) is 0. The number of alkyl halides is 3. The van der Waals surface area contributed by atoms with Gasteiger partial charge >= 0.3 is 6.18 Å². The molecule has 0 bridgehead atoms. The van der Waals surface area contributed by atoms with E-state index in [2.05, 4.69) is 0 Å². The molecule has 1 amide bonds. The summed E-state index contributed by atoms with van der Waals surface area (Å²) >= 11 is 0. The third-order valence-corrected chi connectivity index (χ3v) is 7.33. The molecule has 2 aromatic rings. The Balaban J connectivity index is 1.59. The molecule has 0 aromatic heterocycles. The van der Waals surface area contributed by atoms with Crippen LogP contribution in [0.3, 0.4) is 0 Å². The van der Waals surface area contributed by atoms with E-state index in [0.29, 0.717) is 32.2 Å². The van der Waals surface area contributed by atoms with Gasteiger partial charge in [-0.05, 0) is 30.7 Å². The molecule has 1 fully saturated rings. The summed E-state index contributed by atoms with van der Waals surface area (Å²) in [7, 11) is -4.05. The Morgan fingerprint density at radius 2 is 1.66 bits per heavy atom. The normalized spacial score (nSPS) is 16.1. The third kappa shape index (κ3) is 5.87. The van der Waals surface area contributed by atoms with Crippen LogP contribution < -0.4 is 0 Å². The molecule has 10 heteroatoms. The van der Waals surface area contributed by atoms with E-state index in [1.165, 1.54) is 10.4 Å². The first-order valence-electron chi connectivity index (χ1n) is 10.3. The second-order valence-electron chi connectivity index (χ2n) is 7.60. The highest BCUT2D eigenvalue weighted by atomic mass is 32.2. The van der Waals surface area contributed by atoms with Crippen LogP contribution >= 0.6 is 0 Å². The number of hydrogen-bond acceptors (Lipinski definition) is 4. The molecule has 32 heavy (non-hydrogen) atoms. The Kier molecular flexibility index (Phi) is 7.58. The van der Waals surface area contributed by atoms with Crippen molar-refractivity contribution < 1.29 is 26.4 Å². The largest absolute Gasteiger partial charge is 0.416 e. The summed E-state index contributed by atoms with van der Waals surface area (Å²) in [6, 6.07) is 13.4. The molecule has 0 unspecified atom stereocenters. The molecule has 1 aliphatic rings. The predicted molar refractivity (Wildman–Crippen MR) is 114 cm³/mol. The number of carbonyl (C=O) groups is 1. The minimum Gasteiger partial charge on any atom is -0.338 e. The van der Waals surface area contributed by atoms with Crippen molar-refractivity contribution in [1.29, 1.82) is 0 Å². The van der Waals surface area contributed by atoms with Gasteiger partial charge in [0.2, 0.25) is 15.9 Å². The third-order valence-electron chi connectivity index (χ3n) is 5.44. The quantitative estimate of drug-likeness (QED) is 0.626. The summed E-state index contributed by atoms with van der Waals surface area (Å²) in [4.78, 5) is 16.0. The van der Waals surface area contributed by atoms with Gasteiger partial charge in [0, 0.05) is 39.3 Å². The van der Waals surface area contributed by atoms with E-state index in [-0.39, 0.29) is 30.4 Å². The van der Waals surface area contributed by atoms with Crippen molar-refractivity contribution in [2.75, 3.05) is 39.3 Å². The summed E-state index contributed by atoms with van der Waals surface area (Å²) in [5.74, 6) is -0.0504. The van der Waals surface area contributed by atoms with Crippen LogP contribution in [-0.2, 0) is 27.5 Å². The smallest absolute Gasteiger partial charge is 0.338 e. The zero-order valence-electron chi connectivity index (χ0n) is 17.8. The predicted octanol–water partition coefficient (Wildman–Crippen LogP) is 3.06. The van der Waals surface area contributed by atoms with Crippen molar-refractivity contribution in [3.8, 4) is 0 Å². The molecule has 0 spiro atoms. The lowest BCUT2D eigenvalue weighted by atomic mass is 10.2. The van der Waals surface area contributed by atoms with Crippen LogP contribution in [0.5, 0.6) is 0 Å². The molecule has 0 radical (unpaired) electrons. The molecule has 174 valence electrons. The number of amides is 1. The first-order chi connectivity index (χ1) is 15.1. The minimum absolute atomic E-state index is 0.0504. The average molecular weight is 470 g/mol. The van der Waals surface area contributed by atoms with Crippen LogP contribution in [0.25, 0.3) is 0 Å². The number of nitrogens with zero attached hydrogens (tertiary/aromatic N) is 3. The van der Waals surface area contributed by atoms with E-state index in [9.17, 15) is 26.4 Å². The van der Waals surface area contributed by atoms with Crippen molar-refractivity contribution >= 4 is 15.9 Å². The number of hydrogen-bond donors (Lipinski definition) is 0. The number of benzene rings is 2. The fourth-order valence-corrected chi connectivity index (χ4v) is 5.05.